The Bertz CT molecular complexity index is 805. The third kappa shape index (κ3) is 2.66. The van der Waals surface area contributed by atoms with Crippen molar-refractivity contribution in [3.63, 3.8) is 0 Å². The predicted molar refractivity (Wildman–Crippen MR) is 101 cm³/mol. The lowest BCUT2D eigenvalue weighted by Gasteiger charge is -2.33. The summed E-state index contributed by atoms with van der Waals surface area (Å²) in [6.07, 6.45) is 2.73. The van der Waals surface area contributed by atoms with Gasteiger partial charge in [0, 0.05) is 31.1 Å². The number of ketones is 1. The molecule has 2 nitrogen and oxygen atoms in total. The topological polar surface area (TPSA) is 20.3 Å². The Labute approximate surface area is 147 Å². The summed E-state index contributed by atoms with van der Waals surface area (Å²) >= 11 is 1.60. The third-order valence-corrected chi connectivity index (χ3v) is 6.27. The van der Waals surface area contributed by atoms with Crippen molar-refractivity contribution in [2.45, 2.75) is 39.2 Å². The zero-order chi connectivity index (χ0) is 16.7. The molecule has 1 fully saturated rings. The number of likely N-dealkylation sites (tertiary alicyclic amines) is 1. The Balaban J connectivity index is 1.85. The second-order valence-electron chi connectivity index (χ2n) is 7.03. The first-order valence-electron chi connectivity index (χ1n) is 8.80. The van der Waals surface area contributed by atoms with Crippen molar-refractivity contribution in [1.29, 1.82) is 0 Å². The van der Waals surface area contributed by atoms with Crippen molar-refractivity contribution in [3.05, 3.63) is 62.9 Å². The molecule has 124 valence electrons. The Morgan fingerprint density at radius 3 is 2.54 bits per heavy atom. The maximum absolute atomic E-state index is 12.7. The number of piperidine rings is 1. The molecule has 3 heteroatoms. The molecule has 2 aliphatic rings. The summed E-state index contributed by atoms with van der Waals surface area (Å²) in [4.78, 5) is 16.2. The van der Waals surface area contributed by atoms with Crippen molar-refractivity contribution in [1.82, 2.24) is 4.90 Å². The minimum absolute atomic E-state index is 0.266. The number of hydrogen-bond donors (Lipinski definition) is 0. The zero-order valence-electron chi connectivity index (χ0n) is 14.3. The van der Waals surface area contributed by atoms with Gasteiger partial charge in [0.15, 0.2) is 5.78 Å². The fraction of sp³-hybridized carbons (Fsp3) is 0.381. The van der Waals surface area contributed by atoms with Gasteiger partial charge in [0.1, 0.15) is 0 Å². The van der Waals surface area contributed by atoms with Crippen molar-refractivity contribution in [2.75, 3.05) is 13.1 Å². The lowest BCUT2D eigenvalue weighted by atomic mass is 9.87. The second kappa shape index (κ2) is 6.30. The first-order chi connectivity index (χ1) is 11.6. The molecule has 0 atom stereocenters. The van der Waals surface area contributed by atoms with E-state index in [0.717, 1.165) is 30.8 Å². The summed E-state index contributed by atoms with van der Waals surface area (Å²) in [6, 6.07) is 11.2. The normalized spacial score (nSPS) is 18.5. The number of nitrogens with zero attached hydrogens (tertiary/aromatic N) is 1. The van der Waals surface area contributed by atoms with E-state index >= 15 is 0 Å². The molecule has 0 saturated carbocycles. The molecule has 1 saturated heterocycles. The van der Waals surface area contributed by atoms with Crippen LogP contribution < -0.4 is 0 Å². The van der Waals surface area contributed by atoms with E-state index in [-0.39, 0.29) is 5.78 Å². The molecule has 0 bridgehead atoms. The highest BCUT2D eigenvalue weighted by atomic mass is 32.1. The van der Waals surface area contributed by atoms with Gasteiger partial charge in [-0.3, -0.25) is 4.79 Å². The Hall–Kier alpha value is -1.71. The molecule has 4 rings (SSSR count). The van der Waals surface area contributed by atoms with Gasteiger partial charge in [-0.15, -0.1) is 11.3 Å². The van der Waals surface area contributed by atoms with Crippen LogP contribution in [0.5, 0.6) is 0 Å². The number of Topliss-reactive ketones (excluding diaryl/α,β-unsaturated/α-hetero) is 1. The molecule has 1 aliphatic heterocycles. The smallest absolute Gasteiger partial charge is 0.177 e. The molecule has 0 radical (unpaired) electrons. The van der Waals surface area contributed by atoms with E-state index in [0.29, 0.717) is 12.5 Å². The average Bonchev–Trinajstić information content (AvgIpc) is 3.02. The van der Waals surface area contributed by atoms with Crippen LogP contribution in [0.1, 0.15) is 53.1 Å². The maximum Gasteiger partial charge on any atom is 0.177 e. The number of hydrogen-bond acceptors (Lipinski definition) is 3. The van der Waals surface area contributed by atoms with Crippen molar-refractivity contribution >= 4 is 22.7 Å². The van der Waals surface area contributed by atoms with E-state index in [4.69, 9.17) is 0 Å². The van der Waals surface area contributed by atoms with Crippen LogP contribution in [0.3, 0.4) is 0 Å². The minimum atomic E-state index is 0.266. The molecule has 1 aromatic heterocycles. The van der Waals surface area contributed by atoms with E-state index < -0.39 is 0 Å². The highest BCUT2D eigenvalue weighted by Crippen LogP contribution is 2.40. The Morgan fingerprint density at radius 1 is 1.04 bits per heavy atom. The summed E-state index contributed by atoms with van der Waals surface area (Å²) in [6.45, 7) is 6.78. The molecule has 24 heavy (non-hydrogen) atoms. The molecule has 1 aromatic carbocycles. The van der Waals surface area contributed by atoms with E-state index in [1.54, 1.807) is 11.3 Å². The quantitative estimate of drug-likeness (QED) is 0.745. The summed E-state index contributed by atoms with van der Waals surface area (Å²) in [5.74, 6) is 0.266. The Kier molecular flexibility index (Phi) is 4.15. The van der Waals surface area contributed by atoms with Crippen LogP contribution in [-0.2, 0) is 6.42 Å². The van der Waals surface area contributed by atoms with E-state index in [2.05, 4.69) is 54.5 Å². The SMILES string of the molecule is CC(C)N1CCC(=C2c3ccccc3CC(=O)c3sccc32)CC1. The molecule has 0 N–H and O–H groups in total. The van der Waals surface area contributed by atoms with Crippen LogP contribution in [0.2, 0.25) is 0 Å². The van der Waals surface area contributed by atoms with E-state index in [1.807, 2.05) is 0 Å². The van der Waals surface area contributed by atoms with Crippen LogP contribution in [0.4, 0.5) is 0 Å². The second-order valence-corrected chi connectivity index (χ2v) is 7.94. The predicted octanol–water partition coefficient (Wildman–Crippen LogP) is 4.79. The third-order valence-electron chi connectivity index (χ3n) is 5.31. The zero-order valence-corrected chi connectivity index (χ0v) is 15.2. The molecule has 1 aliphatic carbocycles. The molecule has 2 aromatic rings. The number of carbonyl (C=O) groups excluding carboxylic acids is 1. The number of carbonyl (C=O) groups is 1. The summed E-state index contributed by atoms with van der Waals surface area (Å²) < 4.78 is 0. The van der Waals surface area contributed by atoms with Gasteiger partial charge in [0.25, 0.3) is 0 Å². The van der Waals surface area contributed by atoms with Gasteiger partial charge in [-0.2, -0.15) is 0 Å². The Morgan fingerprint density at radius 2 is 1.79 bits per heavy atom. The van der Waals surface area contributed by atoms with Crippen molar-refractivity contribution in [3.8, 4) is 0 Å². The molecular weight excluding hydrogens is 314 g/mol. The summed E-state index contributed by atoms with van der Waals surface area (Å²) in [5.41, 5.74) is 6.49. The molecule has 2 heterocycles. The van der Waals surface area contributed by atoms with Gasteiger partial charge < -0.3 is 4.90 Å². The van der Waals surface area contributed by atoms with Crippen molar-refractivity contribution in [2.24, 2.45) is 0 Å². The number of thiophene rings is 1. The standard InChI is InChI=1S/C21H23NOS/c1-14(2)22-10-7-15(8-11-22)20-17-6-4-3-5-16(17)13-19(23)21-18(20)9-12-24-21/h3-6,9,12,14H,7-8,10-11,13H2,1-2H3. The summed E-state index contributed by atoms with van der Waals surface area (Å²) in [7, 11) is 0. The molecule has 0 unspecified atom stereocenters. The molecule has 0 spiro atoms. The van der Waals surface area contributed by atoms with Gasteiger partial charge in [-0.25, -0.2) is 0 Å². The first kappa shape index (κ1) is 15.8. The van der Waals surface area contributed by atoms with Crippen LogP contribution in [0.15, 0.2) is 41.3 Å². The fourth-order valence-corrected chi connectivity index (χ4v) is 4.82. The highest BCUT2D eigenvalue weighted by molar-refractivity contribution is 7.12. The van der Waals surface area contributed by atoms with Gasteiger partial charge in [-0.1, -0.05) is 29.8 Å². The van der Waals surface area contributed by atoms with Gasteiger partial charge in [0.2, 0.25) is 0 Å². The van der Waals surface area contributed by atoms with E-state index in [1.165, 1.54) is 27.8 Å². The lowest BCUT2D eigenvalue weighted by molar-refractivity contribution is 0.0997. The van der Waals surface area contributed by atoms with E-state index in [9.17, 15) is 4.79 Å². The maximum atomic E-state index is 12.7. The van der Waals surface area contributed by atoms with Gasteiger partial charge in [0.05, 0.1) is 4.88 Å². The minimum Gasteiger partial charge on any atom is -0.300 e. The van der Waals surface area contributed by atoms with Crippen LogP contribution >= 0.6 is 11.3 Å². The van der Waals surface area contributed by atoms with Gasteiger partial charge >= 0.3 is 0 Å². The van der Waals surface area contributed by atoms with Crippen LogP contribution in [0.25, 0.3) is 5.57 Å². The first-order valence-corrected chi connectivity index (χ1v) is 9.68. The molecular formula is C21H23NOS. The van der Waals surface area contributed by atoms with Crippen molar-refractivity contribution < 1.29 is 4.79 Å². The highest BCUT2D eigenvalue weighted by Gasteiger charge is 2.28. The number of rotatable bonds is 1. The number of benzene rings is 1. The fourth-order valence-electron chi connectivity index (χ4n) is 3.98. The van der Waals surface area contributed by atoms with Gasteiger partial charge in [-0.05, 0) is 54.8 Å². The van der Waals surface area contributed by atoms with Crippen LogP contribution in [0, 0.1) is 0 Å². The largest absolute Gasteiger partial charge is 0.300 e. The monoisotopic (exact) mass is 337 g/mol. The molecule has 0 amide bonds. The number of fused-ring (bicyclic) bond motifs is 2. The average molecular weight is 337 g/mol. The van der Waals surface area contributed by atoms with Crippen LogP contribution in [-0.4, -0.2) is 29.8 Å². The summed E-state index contributed by atoms with van der Waals surface area (Å²) in [5, 5.41) is 2.07. The lowest BCUT2D eigenvalue weighted by Crippen LogP contribution is -2.36.